The Morgan fingerprint density at radius 3 is 2.00 bits per heavy atom. The first kappa shape index (κ1) is 21.8. The molecular weight excluding hydrogens is 292 g/mol. The molecule has 2 N–H and O–H groups in total. The van der Waals surface area contributed by atoms with Crippen molar-refractivity contribution in [3.8, 4) is 0 Å². The zero-order valence-electron chi connectivity index (χ0n) is 15.6. The highest BCUT2D eigenvalue weighted by Gasteiger charge is 2.29. The normalized spacial score (nSPS) is 17.1. The van der Waals surface area contributed by atoms with Crippen molar-refractivity contribution in [1.82, 2.24) is 0 Å². The van der Waals surface area contributed by atoms with Crippen molar-refractivity contribution in [2.45, 2.75) is 65.6 Å². The molecule has 0 saturated heterocycles. The van der Waals surface area contributed by atoms with E-state index in [4.69, 9.17) is 14.6 Å². The Kier molecular flexibility index (Phi) is 9.29. The van der Waals surface area contributed by atoms with Gasteiger partial charge in [0.25, 0.3) is 0 Å². The third kappa shape index (κ3) is 9.50. The molecule has 0 fully saturated rings. The lowest BCUT2D eigenvalue weighted by molar-refractivity contribution is -0.0336. The molecule has 0 radical (unpaired) electrons. The van der Waals surface area contributed by atoms with Gasteiger partial charge in [0, 0.05) is 0 Å². The Labute approximate surface area is 141 Å². The largest absolute Gasteiger partial charge is 0.475 e. The summed E-state index contributed by atoms with van der Waals surface area (Å²) in [5.41, 5.74) is 1.19. The van der Waals surface area contributed by atoms with Crippen molar-refractivity contribution in [1.29, 1.82) is 0 Å². The van der Waals surface area contributed by atoms with Crippen LogP contribution in [0.15, 0.2) is 30.4 Å². The highest BCUT2D eigenvalue weighted by molar-refractivity contribution is 5.09. The second-order valence-electron chi connectivity index (χ2n) is 7.31. The molecule has 134 valence electrons. The van der Waals surface area contributed by atoms with Crippen molar-refractivity contribution in [3.05, 3.63) is 30.4 Å². The zero-order chi connectivity index (χ0) is 18.1. The van der Waals surface area contributed by atoms with Crippen LogP contribution in [-0.4, -0.2) is 34.6 Å². The van der Waals surface area contributed by atoms with Crippen LogP contribution >= 0.6 is 0 Å². The van der Waals surface area contributed by atoms with Gasteiger partial charge in [-0.05, 0) is 56.9 Å². The maximum atomic E-state index is 9.65. The van der Waals surface area contributed by atoms with E-state index < -0.39 is 11.2 Å². The third-order valence-electron chi connectivity index (χ3n) is 3.42. The van der Waals surface area contributed by atoms with Gasteiger partial charge in [-0.15, -0.1) is 0 Å². The van der Waals surface area contributed by atoms with E-state index in [0.717, 1.165) is 12.8 Å². The molecule has 0 bridgehead atoms. The molecule has 0 amide bonds. The number of ether oxygens (including phenoxy) is 2. The van der Waals surface area contributed by atoms with Crippen LogP contribution in [0.5, 0.6) is 0 Å². The average molecular weight is 326 g/mol. The summed E-state index contributed by atoms with van der Waals surface area (Å²) >= 11 is 0. The van der Waals surface area contributed by atoms with Crippen molar-refractivity contribution >= 4 is 0 Å². The summed E-state index contributed by atoms with van der Waals surface area (Å²) in [6.07, 6.45) is 5.46. The monoisotopic (exact) mass is 326 g/mol. The summed E-state index contributed by atoms with van der Waals surface area (Å²) in [5, 5.41) is 18.7. The van der Waals surface area contributed by atoms with Crippen LogP contribution < -0.4 is 0 Å². The van der Waals surface area contributed by atoms with Crippen molar-refractivity contribution in [2.75, 3.05) is 13.2 Å². The van der Waals surface area contributed by atoms with Crippen LogP contribution in [0, 0.1) is 11.8 Å². The highest BCUT2D eigenvalue weighted by atomic mass is 16.6. The molecule has 0 heterocycles. The number of aliphatic hydroxyl groups is 2. The minimum absolute atomic E-state index is 0.0126. The Balaban J connectivity index is 5.36. The minimum atomic E-state index is -0.677. The first-order chi connectivity index (χ1) is 10.6. The maximum absolute atomic E-state index is 9.65. The minimum Gasteiger partial charge on any atom is -0.475 e. The molecule has 0 aromatic carbocycles. The SMILES string of the molecule is C=C=C(O)OC(C)(C=CC(C)(CC(C)C)OCCO)CC(C)C. The van der Waals surface area contributed by atoms with Crippen LogP contribution in [0.25, 0.3) is 0 Å². The first-order valence-corrected chi connectivity index (χ1v) is 8.29. The Bertz CT molecular complexity index is 421. The van der Waals surface area contributed by atoms with E-state index in [1.54, 1.807) is 0 Å². The fourth-order valence-corrected chi connectivity index (χ4v) is 2.83. The lowest BCUT2D eigenvalue weighted by Crippen LogP contribution is -2.33. The van der Waals surface area contributed by atoms with Gasteiger partial charge in [-0.2, -0.15) is 0 Å². The van der Waals surface area contributed by atoms with Crippen LogP contribution in [0.4, 0.5) is 0 Å². The molecule has 0 spiro atoms. The Morgan fingerprint density at radius 2 is 1.57 bits per heavy atom. The van der Waals surface area contributed by atoms with Crippen molar-refractivity contribution in [2.24, 2.45) is 11.8 Å². The summed E-state index contributed by atoms with van der Waals surface area (Å²) in [4.78, 5) is 0. The van der Waals surface area contributed by atoms with Crippen LogP contribution in [0.1, 0.15) is 54.4 Å². The summed E-state index contributed by atoms with van der Waals surface area (Å²) < 4.78 is 11.4. The van der Waals surface area contributed by atoms with E-state index >= 15 is 0 Å². The lowest BCUT2D eigenvalue weighted by Gasteiger charge is -2.32. The van der Waals surface area contributed by atoms with Gasteiger partial charge in [0.1, 0.15) is 5.60 Å². The quantitative estimate of drug-likeness (QED) is 0.336. The molecule has 2 atom stereocenters. The van der Waals surface area contributed by atoms with Crippen LogP contribution in [-0.2, 0) is 9.47 Å². The molecule has 2 unspecified atom stereocenters. The molecule has 4 nitrogen and oxygen atoms in total. The molecule has 23 heavy (non-hydrogen) atoms. The number of hydrogen-bond acceptors (Lipinski definition) is 4. The van der Waals surface area contributed by atoms with Gasteiger partial charge < -0.3 is 19.7 Å². The predicted molar refractivity (Wildman–Crippen MR) is 94.3 cm³/mol. The van der Waals surface area contributed by atoms with E-state index in [9.17, 15) is 5.11 Å². The second kappa shape index (κ2) is 9.82. The molecule has 0 saturated carbocycles. The van der Waals surface area contributed by atoms with Gasteiger partial charge in [-0.1, -0.05) is 33.8 Å². The number of hydrogen-bond donors (Lipinski definition) is 2. The van der Waals surface area contributed by atoms with E-state index in [2.05, 4.69) is 40.0 Å². The topological polar surface area (TPSA) is 58.9 Å². The highest BCUT2D eigenvalue weighted by Crippen LogP contribution is 2.29. The molecule has 0 aromatic rings. The summed E-state index contributed by atoms with van der Waals surface area (Å²) in [6, 6.07) is 0. The molecule has 0 aliphatic heterocycles. The molecule has 0 rings (SSSR count). The van der Waals surface area contributed by atoms with Gasteiger partial charge in [-0.3, -0.25) is 0 Å². The Hall–Kier alpha value is -1.22. The molecule has 0 aliphatic rings. The van der Waals surface area contributed by atoms with Gasteiger partial charge >= 0.3 is 5.95 Å². The number of aliphatic hydroxyl groups excluding tert-OH is 2. The van der Waals surface area contributed by atoms with Crippen LogP contribution in [0.2, 0.25) is 0 Å². The van der Waals surface area contributed by atoms with E-state index in [1.165, 1.54) is 0 Å². The molecule has 0 aromatic heterocycles. The zero-order valence-corrected chi connectivity index (χ0v) is 15.6. The van der Waals surface area contributed by atoms with Gasteiger partial charge in [0.15, 0.2) is 0 Å². The average Bonchev–Trinajstić information content (AvgIpc) is 2.41. The standard InChI is InChI=1S/C19H34O4/c1-8-17(21)23-19(7,14-16(4)5)10-9-18(6,13-15(2)3)22-12-11-20/h9-10,15-16,20-21H,1,11-14H2,2-7H3. The van der Waals surface area contributed by atoms with E-state index in [1.807, 2.05) is 26.0 Å². The molecule has 0 aliphatic carbocycles. The van der Waals surface area contributed by atoms with Crippen molar-refractivity contribution < 1.29 is 19.7 Å². The Morgan fingerprint density at radius 1 is 1.09 bits per heavy atom. The summed E-state index contributed by atoms with van der Waals surface area (Å²) in [5.74, 6) is 0.527. The van der Waals surface area contributed by atoms with Gasteiger partial charge in [-0.25, -0.2) is 0 Å². The fourth-order valence-electron chi connectivity index (χ4n) is 2.83. The summed E-state index contributed by atoms with van der Waals surface area (Å²) in [7, 11) is 0. The van der Waals surface area contributed by atoms with Crippen LogP contribution in [0.3, 0.4) is 0 Å². The van der Waals surface area contributed by atoms with Gasteiger partial charge in [0.2, 0.25) is 0 Å². The number of rotatable bonds is 11. The second-order valence-corrected chi connectivity index (χ2v) is 7.31. The lowest BCUT2D eigenvalue weighted by atomic mass is 9.88. The molecule has 4 heteroatoms. The molecular formula is C19H34O4. The van der Waals surface area contributed by atoms with E-state index in [0.29, 0.717) is 11.8 Å². The third-order valence-corrected chi connectivity index (χ3v) is 3.42. The first-order valence-electron chi connectivity index (χ1n) is 8.29. The van der Waals surface area contributed by atoms with Gasteiger partial charge in [0.05, 0.1) is 18.8 Å². The smallest absolute Gasteiger partial charge is 0.325 e. The van der Waals surface area contributed by atoms with Crippen molar-refractivity contribution in [3.63, 3.8) is 0 Å². The summed E-state index contributed by atoms with van der Waals surface area (Å²) in [6.45, 7) is 16.0. The van der Waals surface area contributed by atoms with E-state index in [-0.39, 0.29) is 19.2 Å². The maximum Gasteiger partial charge on any atom is 0.325 e. The predicted octanol–water partition coefficient (Wildman–Crippen LogP) is 4.36. The fraction of sp³-hybridized carbons (Fsp3) is 0.737.